The van der Waals surface area contributed by atoms with Gasteiger partial charge in [0.2, 0.25) is 5.91 Å². The fourth-order valence-corrected chi connectivity index (χ4v) is 3.73. The van der Waals surface area contributed by atoms with Crippen LogP contribution in [0.4, 0.5) is 4.39 Å². The topological polar surface area (TPSA) is 65.6 Å². The molecular formula is C19H22FN3O3. The average Bonchev–Trinajstić information content (AvgIpc) is 3.31. The first-order valence-corrected chi connectivity index (χ1v) is 9.05. The van der Waals surface area contributed by atoms with Crippen molar-refractivity contribution >= 4 is 22.7 Å². The Labute approximate surface area is 150 Å². The molecule has 1 atom stereocenters. The number of rotatable bonds is 3. The molecule has 1 unspecified atom stereocenters. The number of piperazine rings is 1. The lowest BCUT2D eigenvalue weighted by atomic mass is 10.1. The van der Waals surface area contributed by atoms with Crippen molar-refractivity contribution in [1.29, 1.82) is 0 Å². The third-order valence-electron chi connectivity index (χ3n) is 5.22. The first-order valence-electron chi connectivity index (χ1n) is 9.05. The lowest BCUT2D eigenvalue weighted by Gasteiger charge is -2.35. The van der Waals surface area contributed by atoms with Crippen molar-refractivity contribution in [2.45, 2.75) is 25.4 Å². The summed E-state index contributed by atoms with van der Waals surface area (Å²) in [6.45, 7) is 2.82. The van der Waals surface area contributed by atoms with Crippen LogP contribution in [0.2, 0.25) is 0 Å². The number of hydrogen-bond acceptors (Lipinski definition) is 3. The van der Waals surface area contributed by atoms with Gasteiger partial charge < -0.3 is 19.5 Å². The molecule has 2 fully saturated rings. The van der Waals surface area contributed by atoms with E-state index in [0.29, 0.717) is 38.3 Å². The van der Waals surface area contributed by atoms with Gasteiger partial charge in [-0.05, 0) is 36.6 Å². The zero-order valence-corrected chi connectivity index (χ0v) is 14.5. The highest BCUT2D eigenvalue weighted by Gasteiger charge is 2.31. The number of aromatic nitrogens is 1. The molecule has 0 saturated carbocycles. The van der Waals surface area contributed by atoms with E-state index in [9.17, 15) is 14.0 Å². The van der Waals surface area contributed by atoms with E-state index >= 15 is 0 Å². The van der Waals surface area contributed by atoms with Crippen LogP contribution >= 0.6 is 0 Å². The number of amides is 2. The number of aromatic amines is 1. The minimum absolute atomic E-state index is 0.0273. The molecule has 138 valence electrons. The van der Waals surface area contributed by atoms with Crippen LogP contribution in [0.15, 0.2) is 24.4 Å². The number of nitrogens with zero attached hydrogens (tertiary/aromatic N) is 2. The van der Waals surface area contributed by atoms with Crippen molar-refractivity contribution < 1.29 is 18.7 Å². The van der Waals surface area contributed by atoms with Crippen LogP contribution in [0.3, 0.4) is 0 Å². The van der Waals surface area contributed by atoms with Gasteiger partial charge in [0.05, 0.1) is 6.42 Å². The highest BCUT2D eigenvalue weighted by atomic mass is 19.1. The van der Waals surface area contributed by atoms with Crippen molar-refractivity contribution in [2.24, 2.45) is 0 Å². The van der Waals surface area contributed by atoms with E-state index < -0.39 is 0 Å². The molecule has 2 aliphatic heterocycles. The summed E-state index contributed by atoms with van der Waals surface area (Å²) in [4.78, 5) is 31.6. The zero-order chi connectivity index (χ0) is 18.1. The summed E-state index contributed by atoms with van der Waals surface area (Å²) >= 11 is 0. The third kappa shape index (κ3) is 3.31. The highest BCUT2D eigenvalue weighted by molar-refractivity contribution is 5.89. The van der Waals surface area contributed by atoms with Gasteiger partial charge in [-0.25, -0.2) is 4.39 Å². The van der Waals surface area contributed by atoms with E-state index in [1.807, 2.05) is 0 Å². The van der Waals surface area contributed by atoms with Gasteiger partial charge in [-0.15, -0.1) is 0 Å². The molecule has 0 spiro atoms. The Kier molecular flexibility index (Phi) is 4.63. The fraction of sp³-hybridized carbons (Fsp3) is 0.474. The van der Waals surface area contributed by atoms with Gasteiger partial charge in [0.15, 0.2) is 0 Å². The highest BCUT2D eigenvalue weighted by Crippen LogP contribution is 2.21. The molecule has 1 N–H and O–H groups in total. The SMILES string of the molecule is O=C(Cc1c[nH]c2cc(F)ccc12)N1CCN(C(=O)C2CCCO2)CC1. The number of fused-ring (bicyclic) bond motifs is 1. The van der Waals surface area contributed by atoms with E-state index in [4.69, 9.17) is 4.74 Å². The number of hydrogen-bond donors (Lipinski definition) is 1. The van der Waals surface area contributed by atoms with Crippen LogP contribution in [0.1, 0.15) is 18.4 Å². The van der Waals surface area contributed by atoms with Gasteiger partial charge >= 0.3 is 0 Å². The molecule has 2 amide bonds. The molecule has 2 aromatic rings. The zero-order valence-electron chi connectivity index (χ0n) is 14.5. The Balaban J connectivity index is 1.35. The average molecular weight is 359 g/mol. The summed E-state index contributed by atoms with van der Waals surface area (Å²) in [7, 11) is 0. The summed E-state index contributed by atoms with van der Waals surface area (Å²) < 4.78 is 18.7. The number of H-pyrrole nitrogens is 1. The van der Waals surface area contributed by atoms with Crippen LogP contribution in [0.25, 0.3) is 10.9 Å². The Morgan fingerprint density at radius 3 is 2.69 bits per heavy atom. The maximum Gasteiger partial charge on any atom is 0.251 e. The second-order valence-corrected chi connectivity index (χ2v) is 6.89. The number of halogens is 1. The second kappa shape index (κ2) is 7.07. The molecule has 4 rings (SSSR count). The Morgan fingerprint density at radius 2 is 1.96 bits per heavy atom. The second-order valence-electron chi connectivity index (χ2n) is 6.89. The summed E-state index contributed by atoms with van der Waals surface area (Å²) in [5.74, 6) is -0.225. The molecule has 2 aliphatic rings. The molecule has 1 aromatic carbocycles. The van der Waals surface area contributed by atoms with Gasteiger partial charge in [0, 0.05) is 49.9 Å². The quantitative estimate of drug-likeness (QED) is 0.907. The van der Waals surface area contributed by atoms with E-state index in [2.05, 4.69) is 4.98 Å². The van der Waals surface area contributed by atoms with E-state index in [0.717, 1.165) is 23.8 Å². The van der Waals surface area contributed by atoms with Gasteiger partial charge in [-0.3, -0.25) is 9.59 Å². The van der Waals surface area contributed by atoms with E-state index in [1.54, 1.807) is 22.1 Å². The first kappa shape index (κ1) is 17.0. The van der Waals surface area contributed by atoms with Crippen LogP contribution in [0, 0.1) is 5.82 Å². The van der Waals surface area contributed by atoms with Crippen molar-refractivity contribution in [3.8, 4) is 0 Å². The standard InChI is InChI=1S/C19H22FN3O3/c20-14-3-4-15-13(12-21-16(15)11-14)10-18(24)22-5-7-23(8-6-22)19(25)17-2-1-9-26-17/h3-4,11-12,17,21H,1-2,5-10H2. The predicted octanol–water partition coefficient (Wildman–Crippen LogP) is 1.70. The monoisotopic (exact) mass is 359 g/mol. The van der Waals surface area contributed by atoms with E-state index in [1.165, 1.54) is 12.1 Å². The lowest BCUT2D eigenvalue weighted by Crippen LogP contribution is -2.53. The molecule has 0 aliphatic carbocycles. The van der Waals surface area contributed by atoms with Crippen molar-refractivity contribution in [3.05, 3.63) is 35.8 Å². The molecule has 6 nitrogen and oxygen atoms in total. The predicted molar refractivity (Wildman–Crippen MR) is 94.1 cm³/mol. The Bertz CT molecular complexity index is 821. The van der Waals surface area contributed by atoms with Crippen LogP contribution in [-0.2, 0) is 20.7 Å². The Morgan fingerprint density at radius 1 is 1.19 bits per heavy atom. The van der Waals surface area contributed by atoms with Crippen molar-refractivity contribution in [3.63, 3.8) is 0 Å². The van der Waals surface area contributed by atoms with Crippen LogP contribution in [-0.4, -0.2) is 65.5 Å². The maximum atomic E-state index is 13.3. The molecule has 0 radical (unpaired) electrons. The summed E-state index contributed by atoms with van der Waals surface area (Å²) in [6.07, 6.45) is 3.46. The number of ether oxygens (including phenoxy) is 1. The molecule has 2 saturated heterocycles. The number of nitrogens with one attached hydrogen (secondary N) is 1. The van der Waals surface area contributed by atoms with Crippen molar-refractivity contribution in [1.82, 2.24) is 14.8 Å². The molecule has 1 aromatic heterocycles. The van der Waals surface area contributed by atoms with Gasteiger partial charge in [-0.1, -0.05) is 0 Å². The molecule has 26 heavy (non-hydrogen) atoms. The van der Waals surface area contributed by atoms with E-state index in [-0.39, 0.29) is 30.2 Å². The van der Waals surface area contributed by atoms with Crippen LogP contribution in [0.5, 0.6) is 0 Å². The van der Waals surface area contributed by atoms with Gasteiger partial charge in [0.25, 0.3) is 5.91 Å². The number of carbonyl (C=O) groups excluding carboxylic acids is 2. The van der Waals surface area contributed by atoms with Gasteiger partial charge in [-0.2, -0.15) is 0 Å². The largest absolute Gasteiger partial charge is 0.368 e. The summed E-state index contributed by atoms with van der Waals surface area (Å²) in [5, 5.41) is 0.868. The molecular weight excluding hydrogens is 337 g/mol. The van der Waals surface area contributed by atoms with Crippen molar-refractivity contribution in [2.75, 3.05) is 32.8 Å². The fourth-order valence-electron chi connectivity index (χ4n) is 3.73. The molecule has 7 heteroatoms. The molecule has 3 heterocycles. The van der Waals surface area contributed by atoms with Crippen LogP contribution < -0.4 is 0 Å². The minimum Gasteiger partial charge on any atom is -0.368 e. The summed E-state index contributed by atoms with van der Waals surface area (Å²) in [6, 6.07) is 4.53. The molecule has 0 bridgehead atoms. The number of carbonyl (C=O) groups is 2. The minimum atomic E-state index is -0.302. The Hall–Kier alpha value is -2.41. The van der Waals surface area contributed by atoms with Gasteiger partial charge in [0.1, 0.15) is 11.9 Å². The third-order valence-corrected chi connectivity index (χ3v) is 5.22. The number of benzene rings is 1. The normalized spacial score (nSPS) is 20.7. The smallest absolute Gasteiger partial charge is 0.251 e. The summed E-state index contributed by atoms with van der Waals surface area (Å²) in [5.41, 5.74) is 1.56. The maximum absolute atomic E-state index is 13.3. The first-order chi connectivity index (χ1) is 12.6. The lowest BCUT2D eigenvalue weighted by molar-refractivity contribution is -0.145.